The first-order valence-electron chi connectivity index (χ1n) is 4.43. The van der Waals surface area contributed by atoms with E-state index < -0.39 is 0 Å². The summed E-state index contributed by atoms with van der Waals surface area (Å²) in [6.45, 7) is 0. The van der Waals surface area contributed by atoms with Gasteiger partial charge in [-0.15, -0.1) is 0 Å². The van der Waals surface area contributed by atoms with Gasteiger partial charge in [0.1, 0.15) is 0 Å². The van der Waals surface area contributed by atoms with Crippen LogP contribution in [0, 0.1) is 0 Å². The van der Waals surface area contributed by atoms with E-state index in [0.717, 1.165) is 28.6 Å². The number of furan rings is 1. The van der Waals surface area contributed by atoms with E-state index >= 15 is 0 Å². The van der Waals surface area contributed by atoms with Gasteiger partial charge in [0.2, 0.25) is 0 Å². The van der Waals surface area contributed by atoms with E-state index in [4.69, 9.17) is 4.42 Å². The third kappa shape index (κ3) is 2.04. The van der Waals surface area contributed by atoms with Crippen LogP contribution >= 0.6 is 15.9 Å². The summed E-state index contributed by atoms with van der Waals surface area (Å²) >= 11 is 3.39. The molecule has 0 bridgehead atoms. The van der Waals surface area contributed by atoms with Crippen LogP contribution in [0.4, 0.5) is 0 Å². The Bertz CT molecular complexity index is 380. The second-order valence-electron chi connectivity index (χ2n) is 2.99. The lowest BCUT2D eigenvalue weighted by atomic mass is 10.1. The van der Waals surface area contributed by atoms with Crippen LogP contribution in [0.2, 0.25) is 0 Å². The monoisotopic (exact) mass is 251 g/mol. The molecule has 0 saturated carbocycles. The summed E-state index contributed by atoms with van der Waals surface area (Å²) in [5.41, 5.74) is 3.27. The molecule has 2 aromatic heterocycles. The fourth-order valence-corrected chi connectivity index (χ4v) is 1.67. The van der Waals surface area contributed by atoms with E-state index in [1.807, 2.05) is 18.3 Å². The third-order valence-electron chi connectivity index (χ3n) is 2.03. The largest absolute Gasteiger partial charge is 0.472 e. The molecule has 72 valence electrons. The summed E-state index contributed by atoms with van der Waals surface area (Å²) in [7, 11) is 0. The van der Waals surface area contributed by atoms with Crippen LogP contribution in [0.1, 0.15) is 5.69 Å². The molecule has 0 fully saturated rings. The van der Waals surface area contributed by atoms with Gasteiger partial charge in [-0.1, -0.05) is 22.0 Å². The van der Waals surface area contributed by atoms with Crippen molar-refractivity contribution in [3.63, 3.8) is 0 Å². The Kier molecular flexibility index (Phi) is 2.99. The maximum Gasteiger partial charge on any atom is 0.0981 e. The van der Waals surface area contributed by atoms with Gasteiger partial charge in [-0.05, 0) is 18.6 Å². The summed E-state index contributed by atoms with van der Waals surface area (Å²) < 4.78 is 5.01. The van der Waals surface area contributed by atoms with Crippen molar-refractivity contribution >= 4 is 15.9 Å². The minimum atomic E-state index is 0.949. The highest BCUT2D eigenvalue weighted by Gasteiger charge is 1.99. The number of hydrogen-bond acceptors (Lipinski definition) is 2. The van der Waals surface area contributed by atoms with Crippen molar-refractivity contribution in [2.45, 2.75) is 6.42 Å². The number of nitrogens with zero attached hydrogens (tertiary/aromatic N) is 1. The molecule has 0 unspecified atom stereocenters. The van der Waals surface area contributed by atoms with Crippen molar-refractivity contribution < 1.29 is 4.42 Å². The Morgan fingerprint density at radius 1 is 1.21 bits per heavy atom. The van der Waals surface area contributed by atoms with E-state index in [-0.39, 0.29) is 0 Å². The van der Waals surface area contributed by atoms with Crippen LogP contribution in [0.25, 0.3) is 11.1 Å². The fraction of sp³-hybridized carbons (Fsp3) is 0.182. The second kappa shape index (κ2) is 4.42. The van der Waals surface area contributed by atoms with Crippen molar-refractivity contribution in [2.24, 2.45) is 0 Å². The third-order valence-corrected chi connectivity index (χ3v) is 2.43. The SMILES string of the molecule is BrCCc1ccc(-c2ccoc2)cn1. The van der Waals surface area contributed by atoms with Crippen LogP contribution < -0.4 is 0 Å². The first kappa shape index (κ1) is 9.46. The normalized spacial score (nSPS) is 10.4. The van der Waals surface area contributed by atoms with Crippen molar-refractivity contribution in [2.75, 3.05) is 5.33 Å². The molecule has 0 spiro atoms. The molecule has 2 rings (SSSR count). The molecule has 0 aromatic carbocycles. The molecule has 0 radical (unpaired) electrons. The van der Waals surface area contributed by atoms with Gasteiger partial charge >= 0.3 is 0 Å². The van der Waals surface area contributed by atoms with Crippen molar-refractivity contribution in [1.82, 2.24) is 4.98 Å². The molecule has 2 aromatic rings. The molecule has 2 nitrogen and oxygen atoms in total. The summed E-state index contributed by atoms with van der Waals surface area (Å²) in [6.07, 6.45) is 6.23. The molecule has 3 heteroatoms. The number of halogens is 1. The summed E-state index contributed by atoms with van der Waals surface area (Å²) in [6, 6.07) is 6.04. The summed E-state index contributed by atoms with van der Waals surface area (Å²) in [5, 5.41) is 0.949. The highest BCUT2D eigenvalue weighted by Crippen LogP contribution is 2.18. The number of alkyl halides is 1. The fourth-order valence-electron chi connectivity index (χ4n) is 1.27. The van der Waals surface area contributed by atoms with Gasteiger partial charge in [0.05, 0.1) is 12.5 Å². The maximum atomic E-state index is 5.01. The van der Waals surface area contributed by atoms with Crippen molar-refractivity contribution in [3.8, 4) is 11.1 Å². The lowest BCUT2D eigenvalue weighted by Gasteiger charge is -1.99. The Balaban J connectivity index is 2.22. The van der Waals surface area contributed by atoms with Gasteiger partial charge in [-0.25, -0.2) is 0 Å². The lowest BCUT2D eigenvalue weighted by molar-refractivity contribution is 0.568. The van der Waals surface area contributed by atoms with Gasteiger partial charge < -0.3 is 4.42 Å². The number of rotatable bonds is 3. The second-order valence-corrected chi connectivity index (χ2v) is 3.78. The van der Waals surface area contributed by atoms with E-state index in [9.17, 15) is 0 Å². The van der Waals surface area contributed by atoms with E-state index in [2.05, 4.69) is 27.0 Å². The predicted molar refractivity (Wildman–Crippen MR) is 59.4 cm³/mol. The average Bonchev–Trinajstić information content (AvgIpc) is 2.72. The molecule has 14 heavy (non-hydrogen) atoms. The molecule has 0 aliphatic rings. The Labute approximate surface area is 91.1 Å². The minimum Gasteiger partial charge on any atom is -0.472 e. The zero-order valence-corrected chi connectivity index (χ0v) is 9.20. The molecule has 0 amide bonds. The first-order chi connectivity index (χ1) is 6.90. The topological polar surface area (TPSA) is 26.0 Å². The molecule has 2 heterocycles. The number of pyridine rings is 1. The Morgan fingerprint density at radius 2 is 2.14 bits per heavy atom. The number of aryl methyl sites for hydroxylation is 1. The molecule has 0 N–H and O–H groups in total. The van der Waals surface area contributed by atoms with Crippen LogP contribution in [0.5, 0.6) is 0 Å². The predicted octanol–water partition coefficient (Wildman–Crippen LogP) is 3.28. The van der Waals surface area contributed by atoms with Crippen LogP contribution in [-0.4, -0.2) is 10.3 Å². The highest BCUT2D eigenvalue weighted by molar-refractivity contribution is 9.09. The van der Waals surface area contributed by atoms with Crippen molar-refractivity contribution in [1.29, 1.82) is 0 Å². The molecule has 0 saturated heterocycles. The summed E-state index contributed by atoms with van der Waals surface area (Å²) in [4.78, 5) is 4.35. The van der Waals surface area contributed by atoms with Gasteiger partial charge in [0, 0.05) is 28.3 Å². The lowest BCUT2D eigenvalue weighted by Crippen LogP contribution is -1.90. The van der Waals surface area contributed by atoms with Crippen LogP contribution in [0.15, 0.2) is 41.3 Å². The molecule has 0 aliphatic carbocycles. The molecule has 0 atom stereocenters. The minimum absolute atomic E-state index is 0.949. The van der Waals surface area contributed by atoms with Gasteiger partial charge in [0.25, 0.3) is 0 Å². The first-order valence-corrected chi connectivity index (χ1v) is 5.56. The number of aromatic nitrogens is 1. The Hall–Kier alpha value is -1.09. The van der Waals surface area contributed by atoms with Crippen LogP contribution in [0.3, 0.4) is 0 Å². The molecular formula is C11H10BrNO. The molecular weight excluding hydrogens is 242 g/mol. The standard InChI is InChI=1S/C11H10BrNO/c12-5-3-11-2-1-9(7-13-11)10-4-6-14-8-10/h1-2,4,6-8H,3,5H2. The zero-order valence-electron chi connectivity index (χ0n) is 7.61. The smallest absolute Gasteiger partial charge is 0.0981 e. The highest BCUT2D eigenvalue weighted by atomic mass is 79.9. The van der Waals surface area contributed by atoms with Gasteiger partial charge in [0.15, 0.2) is 0 Å². The average molecular weight is 252 g/mol. The quantitative estimate of drug-likeness (QED) is 0.783. The molecule has 0 aliphatic heterocycles. The van der Waals surface area contributed by atoms with Crippen LogP contribution in [-0.2, 0) is 6.42 Å². The Morgan fingerprint density at radius 3 is 2.71 bits per heavy atom. The maximum absolute atomic E-state index is 5.01. The summed E-state index contributed by atoms with van der Waals surface area (Å²) in [5.74, 6) is 0. The van der Waals surface area contributed by atoms with E-state index in [1.54, 1.807) is 12.5 Å². The van der Waals surface area contributed by atoms with Crippen molar-refractivity contribution in [3.05, 3.63) is 42.6 Å². The van der Waals surface area contributed by atoms with E-state index in [1.165, 1.54) is 0 Å². The van der Waals surface area contributed by atoms with Gasteiger partial charge in [-0.2, -0.15) is 0 Å². The zero-order chi connectivity index (χ0) is 9.80. The van der Waals surface area contributed by atoms with E-state index in [0.29, 0.717) is 0 Å². The number of hydrogen-bond donors (Lipinski definition) is 0. The van der Waals surface area contributed by atoms with Gasteiger partial charge in [-0.3, -0.25) is 4.98 Å².